The molecule has 162 valence electrons. The molecular formula is C29H32ClF. The summed E-state index contributed by atoms with van der Waals surface area (Å²) in [5, 5.41) is 0.192. The molecule has 0 heterocycles. The van der Waals surface area contributed by atoms with Crippen LogP contribution in [-0.2, 0) is 12.8 Å². The Bertz CT molecular complexity index is 956. The molecule has 4 rings (SSSR count). The number of halogens is 2. The lowest BCUT2D eigenvalue weighted by Crippen LogP contribution is -2.15. The van der Waals surface area contributed by atoms with E-state index in [0.717, 1.165) is 24.3 Å². The third-order valence-electron chi connectivity index (χ3n) is 7.04. The van der Waals surface area contributed by atoms with Crippen LogP contribution in [0.4, 0.5) is 4.39 Å². The minimum absolute atomic E-state index is 0.192. The van der Waals surface area contributed by atoms with Gasteiger partial charge in [0, 0.05) is 0 Å². The molecule has 3 aromatic carbocycles. The van der Waals surface area contributed by atoms with Gasteiger partial charge in [-0.1, -0.05) is 79.2 Å². The zero-order valence-corrected chi connectivity index (χ0v) is 19.1. The van der Waals surface area contributed by atoms with E-state index in [1.165, 1.54) is 48.8 Å². The van der Waals surface area contributed by atoms with Gasteiger partial charge in [-0.2, -0.15) is 0 Å². The second kappa shape index (κ2) is 10.5. The highest BCUT2D eigenvalue weighted by Crippen LogP contribution is 2.39. The van der Waals surface area contributed by atoms with Gasteiger partial charge in [-0.05, 0) is 97.1 Å². The molecular weight excluding hydrogens is 403 g/mol. The Kier molecular flexibility index (Phi) is 7.45. The van der Waals surface area contributed by atoms with Gasteiger partial charge < -0.3 is 0 Å². The maximum atomic E-state index is 13.6. The molecule has 31 heavy (non-hydrogen) atoms. The van der Waals surface area contributed by atoms with Crippen LogP contribution in [0.1, 0.15) is 73.1 Å². The number of rotatable bonds is 7. The van der Waals surface area contributed by atoms with Crippen LogP contribution >= 0.6 is 11.6 Å². The van der Waals surface area contributed by atoms with E-state index in [4.69, 9.17) is 11.6 Å². The van der Waals surface area contributed by atoms with E-state index < -0.39 is 0 Å². The molecule has 0 N–H and O–H groups in total. The van der Waals surface area contributed by atoms with E-state index in [9.17, 15) is 4.39 Å². The highest BCUT2D eigenvalue weighted by atomic mass is 35.5. The van der Waals surface area contributed by atoms with Gasteiger partial charge in [0.25, 0.3) is 0 Å². The first-order chi connectivity index (χ1) is 15.1. The monoisotopic (exact) mass is 434 g/mol. The molecule has 0 spiro atoms. The molecule has 1 aliphatic carbocycles. The third kappa shape index (κ3) is 5.98. The van der Waals surface area contributed by atoms with Gasteiger partial charge in [-0.15, -0.1) is 0 Å². The molecule has 0 amide bonds. The van der Waals surface area contributed by atoms with E-state index in [1.54, 1.807) is 12.1 Å². The van der Waals surface area contributed by atoms with Crippen molar-refractivity contribution >= 4 is 11.6 Å². The first-order valence-corrected chi connectivity index (χ1v) is 12.0. The smallest absolute Gasteiger partial charge is 0.142 e. The first-order valence-electron chi connectivity index (χ1n) is 11.7. The molecule has 0 nitrogen and oxygen atoms in total. The van der Waals surface area contributed by atoms with Crippen molar-refractivity contribution in [3.05, 3.63) is 106 Å². The lowest BCUT2D eigenvalue weighted by Gasteiger charge is -2.30. The Morgan fingerprint density at radius 3 is 2.16 bits per heavy atom. The summed E-state index contributed by atoms with van der Waals surface area (Å²) in [6.45, 7) is 2.37. The third-order valence-corrected chi connectivity index (χ3v) is 7.35. The fraction of sp³-hybridized carbons (Fsp3) is 0.379. The Morgan fingerprint density at radius 1 is 0.839 bits per heavy atom. The largest absolute Gasteiger partial charge is 0.205 e. The average Bonchev–Trinajstić information content (AvgIpc) is 2.81. The van der Waals surface area contributed by atoms with Crippen molar-refractivity contribution < 1.29 is 4.39 Å². The highest BCUT2D eigenvalue weighted by Gasteiger charge is 2.24. The van der Waals surface area contributed by atoms with Crippen LogP contribution in [0, 0.1) is 11.7 Å². The summed E-state index contributed by atoms with van der Waals surface area (Å²) in [7, 11) is 0. The number of aryl methyl sites for hydroxylation is 2. The second-order valence-corrected chi connectivity index (χ2v) is 9.66. The molecule has 0 saturated heterocycles. The first kappa shape index (κ1) is 22.1. The fourth-order valence-electron chi connectivity index (χ4n) is 5.09. The predicted molar refractivity (Wildman–Crippen MR) is 129 cm³/mol. The van der Waals surface area contributed by atoms with Crippen LogP contribution in [0.5, 0.6) is 0 Å². The van der Waals surface area contributed by atoms with Crippen LogP contribution in [0.15, 0.2) is 72.8 Å². The topological polar surface area (TPSA) is 0 Å². The maximum absolute atomic E-state index is 13.6. The van der Waals surface area contributed by atoms with Crippen LogP contribution in [0.25, 0.3) is 0 Å². The molecule has 3 aromatic rings. The second-order valence-electron chi connectivity index (χ2n) is 9.26. The van der Waals surface area contributed by atoms with Crippen LogP contribution in [0.2, 0.25) is 5.02 Å². The van der Waals surface area contributed by atoms with E-state index in [2.05, 4.69) is 61.5 Å². The highest BCUT2D eigenvalue weighted by molar-refractivity contribution is 6.30. The molecule has 1 saturated carbocycles. The van der Waals surface area contributed by atoms with Gasteiger partial charge in [-0.3, -0.25) is 0 Å². The molecule has 1 atom stereocenters. The summed E-state index contributed by atoms with van der Waals surface area (Å²) in [5.41, 5.74) is 5.26. The summed E-state index contributed by atoms with van der Waals surface area (Å²) >= 11 is 5.78. The summed E-state index contributed by atoms with van der Waals surface area (Å²) in [5.74, 6) is 1.87. The number of hydrogen-bond acceptors (Lipinski definition) is 0. The van der Waals surface area contributed by atoms with Crippen LogP contribution < -0.4 is 0 Å². The summed E-state index contributed by atoms with van der Waals surface area (Å²) in [4.78, 5) is 0. The Labute approximate surface area is 191 Å². The van der Waals surface area contributed by atoms with Crippen molar-refractivity contribution in [3.8, 4) is 0 Å². The lowest BCUT2D eigenvalue weighted by atomic mass is 9.75. The van der Waals surface area contributed by atoms with Crippen molar-refractivity contribution in [2.75, 3.05) is 0 Å². The summed E-state index contributed by atoms with van der Waals surface area (Å²) in [6.07, 6.45) is 8.34. The minimum atomic E-state index is -0.330. The van der Waals surface area contributed by atoms with Crippen molar-refractivity contribution in [2.45, 2.75) is 63.7 Å². The number of benzene rings is 3. The van der Waals surface area contributed by atoms with Crippen molar-refractivity contribution in [2.24, 2.45) is 5.92 Å². The van der Waals surface area contributed by atoms with E-state index in [-0.39, 0.29) is 10.8 Å². The van der Waals surface area contributed by atoms with Gasteiger partial charge in [0.05, 0.1) is 5.02 Å². The van der Waals surface area contributed by atoms with Crippen LogP contribution in [-0.4, -0.2) is 0 Å². The molecule has 1 fully saturated rings. The van der Waals surface area contributed by atoms with E-state index in [1.807, 2.05) is 6.07 Å². The molecule has 2 heteroatoms. The van der Waals surface area contributed by atoms with Gasteiger partial charge in [0.1, 0.15) is 5.82 Å². The quantitative estimate of drug-likeness (QED) is 0.348. The Hall–Kier alpha value is -2.12. The molecule has 0 radical (unpaired) electrons. The zero-order chi connectivity index (χ0) is 21.6. The molecule has 0 aromatic heterocycles. The SMILES string of the molecule is C[C@H](CC1CCC(c2ccc(CCc3ccc(Cl)c(F)c3)cc2)CC1)c1ccccc1. The molecule has 0 bridgehead atoms. The van der Waals surface area contributed by atoms with Gasteiger partial charge >= 0.3 is 0 Å². The normalized spacial score (nSPS) is 19.8. The summed E-state index contributed by atoms with van der Waals surface area (Å²) < 4.78 is 13.6. The van der Waals surface area contributed by atoms with Crippen LogP contribution in [0.3, 0.4) is 0 Å². The summed E-state index contributed by atoms with van der Waals surface area (Å²) in [6, 6.07) is 25.2. The van der Waals surface area contributed by atoms with E-state index in [0.29, 0.717) is 11.8 Å². The molecule has 1 aliphatic rings. The Morgan fingerprint density at radius 2 is 1.48 bits per heavy atom. The lowest BCUT2D eigenvalue weighted by molar-refractivity contribution is 0.297. The van der Waals surface area contributed by atoms with Crippen molar-refractivity contribution in [3.63, 3.8) is 0 Å². The molecule has 0 aliphatic heterocycles. The number of hydrogen-bond donors (Lipinski definition) is 0. The zero-order valence-electron chi connectivity index (χ0n) is 18.4. The van der Waals surface area contributed by atoms with E-state index >= 15 is 0 Å². The Balaban J connectivity index is 1.25. The predicted octanol–water partition coefficient (Wildman–Crippen LogP) is 8.73. The standard InChI is InChI=1S/C29H32ClF/c1-21(25-5-3-2-4-6-25)19-23-11-16-27(17-12-23)26-14-9-22(10-15-26)7-8-24-13-18-28(30)29(31)20-24/h2-6,9-10,13-15,18,20-21,23,27H,7-8,11-12,16-17,19H2,1H3/t21-,23?,27?/m1/s1. The molecule has 0 unspecified atom stereocenters. The minimum Gasteiger partial charge on any atom is -0.205 e. The van der Waals surface area contributed by atoms with Crippen molar-refractivity contribution in [1.29, 1.82) is 0 Å². The average molecular weight is 435 g/mol. The maximum Gasteiger partial charge on any atom is 0.142 e. The fourth-order valence-corrected chi connectivity index (χ4v) is 5.21. The van der Waals surface area contributed by atoms with Crippen molar-refractivity contribution in [1.82, 2.24) is 0 Å². The van der Waals surface area contributed by atoms with Gasteiger partial charge in [0.15, 0.2) is 0 Å². The van der Waals surface area contributed by atoms with Gasteiger partial charge in [0.2, 0.25) is 0 Å². The van der Waals surface area contributed by atoms with Gasteiger partial charge in [-0.25, -0.2) is 4.39 Å².